The molecule has 0 radical (unpaired) electrons. The standard InChI is InChI=1S/C21H22N4/c1-13-4-9-16-17(10-13)20(19(12-23)21(24)18(16)11-22)14-5-7-15(8-6-14)25(2)3/h5-8,13H,4,9-10,24H2,1-3H3/t13-/m0/s1. The Labute approximate surface area is 149 Å². The molecular formula is C21H22N4. The topological polar surface area (TPSA) is 76.8 Å². The Bertz CT molecular complexity index is 896. The molecule has 4 heteroatoms. The number of benzene rings is 2. The molecule has 0 saturated heterocycles. The van der Waals surface area contributed by atoms with Gasteiger partial charge in [0.2, 0.25) is 0 Å². The minimum absolute atomic E-state index is 0.324. The summed E-state index contributed by atoms with van der Waals surface area (Å²) in [5, 5.41) is 19.3. The van der Waals surface area contributed by atoms with Gasteiger partial charge in [0.15, 0.2) is 0 Å². The molecule has 0 fully saturated rings. The lowest BCUT2D eigenvalue weighted by atomic mass is 9.76. The van der Waals surface area contributed by atoms with E-state index in [4.69, 9.17) is 5.73 Å². The summed E-state index contributed by atoms with van der Waals surface area (Å²) in [4.78, 5) is 2.04. The van der Waals surface area contributed by atoms with Crippen LogP contribution < -0.4 is 10.6 Å². The fourth-order valence-corrected chi connectivity index (χ4v) is 3.71. The molecule has 1 atom stereocenters. The van der Waals surface area contributed by atoms with Crippen LogP contribution in [0.2, 0.25) is 0 Å². The molecule has 0 bridgehead atoms. The third-order valence-electron chi connectivity index (χ3n) is 5.09. The minimum atomic E-state index is 0.324. The summed E-state index contributed by atoms with van der Waals surface area (Å²) in [6.07, 6.45) is 2.77. The second-order valence-corrected chi connectivity index (χ2v) is 7.01. The van der Waals surface area contributed by atoms with Crippen molar-refractivity contribution in [2.45, 2.75) is 26.2 Å². The van der Waals surface area contributed by atoms with Crippen molar-refractivity contribution < 1.29 is 0 Å². The summed E-state index contributed by atoms with van der Waals surface area (Å²) in [6.45, 7) is 2.22. The van der Waals surface area contributed by atoms with Crippen LogP contribution in [-0.4, -0.2) is 14.1 Å². The van der Waals surface area contributed by atoms with Crippen LogP contribution >= 0.6 is 0 Å². The SMILES string of the molecule is C[C@H]1CCc2c(C#N)c(N)c(C#N)c(-c3ccc(N(C)C)cc3)c2C1. The van der Waals surface area contributed by atoms with Crippen molar-refractivity contribution in [3.05, 3.63) is 46.5 Å². The first kappa shape index (κ1) is 16.9. The van der Waals surface area contributed by atoms with Crippen LogP contribution in [0.1, 0.15) is 35.6 Å². The average molecular weight is 330 g/mol. The number of anilines is 2. The molecule has 1 aliphatic rings. The van der Waals surface area contributed by atoms with Crippen molar-refractivity contribution in [3.63, 3.8) is 0 Å². The number of hydrogen-bond donors (Lipinski definition) is 1. The van der Waals surface area contributed by atoms with E-state index in [1.165, 1.54) is 0 Å². The molecule has 1 aliphatic carbocycles. The van der Waals surface area contributed by atoms with Gasteiger partial charge in [0.1, 0.15) is 12.1 Å². The van der Waals surface area contributed by atoms with E-state index in [-0.39, 0.29) is 0 Å². The van der Waals surface area contributed by atoms with Crippen LogP contribution in [0.15, 0.2) is 24.3 Å². The first-order valence-electron chi connectivity index (χ1n) is 8.53. The quantitative estimate of drug-likeness (QED) is 0.848. The maximum Gasteiger partial charge on any atom is 0.102 e. The second kappa shape index (κ2) is 6.49. The molecule has 0 aliphatic heterocycles. The fraction of sp³-hybridized carbons (Fsp3) is 0.333. The van der Waals surface area contributed by atoms with Crippen molar-refractivity contribution in [2.24, 2.45) is 5.92 Å². The van der Waals surface area contributed by atoms with E-state index in [2.05, 4.69) is 19.1 Å². The minimum Gasteiger partial charge on any atom is -0.397 e. The van der Waals surface area contributed by atoms with Crippen LogP contribution in [0.25, 0.3) is 11.1 Å². The highest BCUT2D eigenvalue weighted by atomic mass is 15.1. The van der Waals surface area contributed by atoms with Gasteiger partial charge in [-0.2, -0.15) is 10.5 Å². The monoisotopic (exact) mass is 330 g/mol. The number of nitriles is 2. The molecule has 2 N–H and O–H groups in total. The fourth-order valence-electron chi connectivity index (χ4n) is 3.71. The molecule has 3 rings (SSSR count). The second-order valence-electron chi connectivity index (χ2n) is 7.01. The molecule has 2 aromatic carbocycles. The number of nitrogens with zero attached hydrogens (tertiary/aromatic N) is 3. The van der Waals surface area contributed by atoms with E-state index in [9.17, 15) is 10.5 Å². The number of hydrogen-bond acceptors (Lipinski definition) is 4. The molecule has 2 aromatic rings. The predicted octanol–water partition coefficient (Wildman–Crippen LogP) is 3.87. The third kappa shape index (κ3) is 2.81. The molecular weight excluding hydrogens is 308 g/mol. The molecule has 0 aromatic heterocycles. The number of nitrogens with two attached hydrogens (primary N) is 1. The number of nitrogen functional groups attached to an aromatic ring is 1. The van der Waals surface area contributed by atoms with Gasteiger partial charge < -0.3 is 10.6 Å². The maximum absolute atomic E-state index is 9.74. The highest BCUT2D eigenvalue weighted by molar-refractivity contribution is 5.85. The lowest BCUT2D eigenvalue weighted by Gasteiger charge is -2.27. The predicted molar refractivity (Wildman–Crippen MR) is 101 cm³/mol. The average Bonchev–Trinajstić information content (AvgIpc) is 2.61. The molecule has 0 spiro atoms. The van der Waals surface area contributed by atoms with E-state index in [1.54, 1.807) is 0 Å². The van der Waals surface area contributed by atoms with Gasteiger partial charge in [0.05, 0.1) is 16.8 Å². The van der Waals surface area contributed by atoms with E-state index in [0.717, 1.165) is 47.2 Å². The summed E-state index contributed by atoms with van der Waals surface area (Å²) < 4.78 is 0. The van der Waals surface area contributed by atoms with Crippen LogP contribution in [0.4, 0.5) is 11.4 Å². The van der Waals surface area contributed by atoms with Gasteiger partial charge in [-0.1, -0.05) is 19.1 Å². The van der Waals surface area contributed by atoms with Crippen LogP contribution in [0.5, 0.6) is 0 Å². The van der Waals surface area contributed by atoms with Crippen molar-refractivity contribution in [1.82, 2.24) is 0 Å². The Morgan fingerprint density at radius 3 is 2.24 bits per heavy atom. The summed E-state index contributed by atoms with van der Waals surface area (Å²) >= 11 is 0. The van der Waals surface area contributed by atoms with E-state index >= 15 is 0 Å². The van der Waals surface area contributed by atoms with Gasteiger partial charge in [-0.25, -0.2) is 0 Å². The molecule has 0 saturated carbocycles. The van der Waals surface area contributed by atoms with Crippen LogP contribution in [0, 0.1) is 28.6 Å². The van der Waals surface area contributed by atoms with E-state index < -0.39 is 0 Å². The van der Waals surface area contributed by atoms with Gasteiger partial charge in [0, 0.05) is 25.3 Å². The number of rotatable bonds is 2. The molecule has 0 heterocycles. The normalized spacial score (nSPS) is 15.8. The Morgan fingerprint density at radius 2 is 1.68 bits per heavy atom. The third-order valence-corrected chi connectivity index (χ3v) is 5.09. The van der Waals surface area contributed by atoms with Gasteiger partial charge in [-0.05, 0) is 54.0 Å². The maximum atomic E-state index is 9.74. The lowest BCUT2D eigenvalue weighted by molar-refractivity contribution is 0.501. The Hall–Kier alpha value is -2.98. The van der Waals surface area contributed by atoms with Crippen LogP contribution in [0.3, 0.4) is 0 Å². The Morgan fingerprint density at radius 1 is 1.04 bits per heavy atom. The van der Waals surface area contributed by atoms with Gasteiger partial charge in [0.25, 0.3) is 0 Å². The first-order valence-corrected chi connectivity index (χ1v) is 8.53. The first-order chi connectivity index (χ1) is 12.0. The van der Waals surface area contributed by atoms with Crippen molar-refractivity contribution >= 4 is 11.4 Å². The molecule has 0 unspecified atom stereocenters. The smallest absolute Gasteiger partial charge is 0.102 e. The van der Waals surface area contributed by atoms with Crippen molar-refractivity contribution in [2.75, 3.05) is 24.7 Å². The summed E-state index contributed by atoms with van der Waals surface area (Å²) in [7, 11) is 4.00. The highest BCUT2D eigenvalue weighted by Gasteiger charge is 2.27. The van der Waals surface area contributed by atoms with Crippen LogP contribution in [-0.2, 0) is 12.8 Å². The van der Waals surface area contributed by atoms with Gasteiger partial charge in [-0.15, -0.1) is 0 Å². The highest BCUT2D eigenvalue weighted by Crippen LogP contribution is 2.41. The largest absolute Gasteiger partial charge is 0.397 e. The Kier molecular flexibility index (Phi) is 4.38. The molecule has 4 nitrogen and oxygen atoms in total. The molecule has 126 valence electrons. The zero-order valence-electron chi connectivity index (χ0n) is 14.9. The van der Waals surface area contributed by atoms with Crippen molar-refractivity contribution in [1.29, 1.82) is 10.5 Å². The Balaban J connectivity index is 2.30. The van der Waals surface area contributed by atoms with E-state index in [0.29, 0.717) is 22.7 Å². The van der Waals surface area contributed by atoms with Gasteiger partial charge >= 0.3 is 0 Å². The molecule has 0 amide bonds. The zero-order chi connectivity index (χ0) is 18.1. The zero-order valence-corrected chi connectivity index (χ0v) is 14.9. The van der Waals surface area contributed by atoms with Gasteiger partial charge in [-0.3, -0.25) is 0 Å². The lowest BCUT2D eigenvalue weighted by Crippen LogP contribution is -2.17. The van der Waals surface area contributed by atoms with Crippen molar-refractivity contribution in [3.8, 4) is 23.3 Å². The summed E-state index contributed by atoms with van der Waals surface area (Å²) in [6, 6.07) is 12.7. The van der Waals surface area contributed by atoms with E-state index in [1.807, 2.05) is 43.3 Å². The molecule has 25 heavy (non-hydrogen) atoms. The summed E-state index contributed by atoms with van der Waals surface area (Å²) in [5.74, 6) is 0.536. The number of fused-ring (bicyclic) bond motifs is 1. The summed E-state index contributed by atoms with van der Waals surface area (Å²) in [5.41, 5.74) is 12.6.